The lowest BCUT2D eigenvalue weighted by Gasteiger charge is -2.35. The molecule has 0 N–H and O–H groups in total. The van der Waals surface area contributed by atoms with Crippen molar-refractivity contribution in [1.29, 1.82) is 0 Å². The van der Waals surface area contributed by atoms with Crippen LogP contribution in [-0.2, 0) is 0 Å². The Morgan fingerprint density at radius 1 is 1.25 bits per heavy atom. The molecule has 3 atom stereocenters. The molecule has 1 rings (SSSR count). The molecular formula is C15H31N. The standard InChI is InChI=1S/C15H31N/c1-6-15(4)8-7-9-16(5)12-14(3)10-13(2)11-15/h13-14H,6-12H2,1-5H3. The van der Waals surface area contributed by atoms with Gasteiger partial charge in [-0.25, -0.2) is 0 Å². The molecule has 3 unspecified atom stereocenters. The van der Waals surface area contributed by atoms with Crippen molar-refractivity contribution >= 4 is 0 Å². The Balaban J connectivity index is 2.62. The van der Waals surface area contributed by atoms with Gasteiger partial charge in [0.1, 0.15) is 0 Å². The summed E-state index contributed by atoms with van der Waals surface area (Å²) < 4.78 is 0. The third kappa shape index (κ3) is 4.45. The summed E-state index contributed by atoms with van der Waals surface area (Å²) in [4.78, 5) is 2.53. The van der Waals surface area contributed by atoms with Crippen molar-refractivity contribution in [3.8, 4) is 0 Å². The van der Waals surface area contributed by atoms with Crippen molar-refractivity contribution in [3.05, 3.63) is 0 Å². The Bertz CT molecular complexity index is 202. The van der Waals surface area contributed by atoms with Crippen molar-refractivity contribution in [2.75, 3.05) is 20.1 Å². The van der Waals surface area contributed by atoms with Crippen LogP contribution in [0.5, 0.6) is 0 Å². The minimum atomic E-state index is 0.595. The molecule has 0 aromatic rings. The largest absolute Gasteiger partial charge is 0.306 e. The molecule has 1 heterocycles. The second kappa shape index (κ2) is 6.05. The van der Waals surface area contributed by atoms with Gasteiger partial charge >= 0.3 is 0 Å². The van der Waals surface area contributed by atoms with Crippen LogP contribution < -0.4 is 0 Å². The fourth-order valence-electron chi connectivity index (χ4n) is 3.51. The van der Waals surface area contributed by atoms with E-state index in [4.69, 9.17) is 0 Å². The highest BCUT2D eigenvalue weighted by Gasteiger charge is 2.26. The van der Waals surface area contributed by atoms with E-state index < -0.39 is 0 Å². The van der Waals surface area contributed by atoms with Crippen LogP contribution in [-0.4, -0.2) is 25.0 Å². The van der Waals surface area contributed by atoms with E-state index in [1.807, 2.05) is 0 Å². The molecule has 1 saturated heterocycles. The maximum atomic E-state index is 2.53. The topological polar surface area (TPSA) is 3.24 Å². The van der Waals surface area contributed by atoms with Crippen LogP contribution in [0, 0.1) is 17.3 Å². The first-order valence-electron chi connectivity index (χ1n) is 7.14. The van der Waals surface area contributed by atoms with Crippen LogP contribution in [0.3, 0.4) is 0 Å². The van der Waals surface area contributed by atoms with Gasteiger partial charge in [0.2, 0.25) is 0 Å². The fourth-order valence-corrected chi connectivity index (χ4v) is 3.51. The van der Waals surface area contributed by atoms with E-state index in [0.29, 0.717) is 5.41 Å². The Morgan fingerprint density at radius 2 is 1.94 bits per heavy atom. The Labute approximate surface area is 103 Å². The predicted octanol–water partition coefficient (Wildman–Crippen LogP) is 4.18. The highest BCUT2D eigenvalue weighted by Crippen LogP contribution is 2.37. The molecule has 1 nitrogen and oxygen atoms in total. The first-order chi connectivity index (χ1) is 7.45. The summed E-state index contributed by atoms with van der Waals surface area (Å²) in [6, 6.07) is 0. The van der Waals surface area contributed by atoms with E-state index in [1.165, 1.54) is 45.2 Å². The van der Waals surface area contributed by atoms with Crippen molar-refractivity contribution in [2.45, 2.75) is 59.8 Å². The van der Waals surface area contributed by atoms with Crippen LogP contribution in [0.4, 0.5) is 0 Å². The lowest BCUT2D eigenvalue weighted by atomic mass is 9.73. The molecule has 1 heteroatoms. The van der Waals surface area contributed by atoms with Crippen LogP contribution in [0.1, 0.15) is 59.8 Å². The van der Waals surface area contributed by atoms with E-state index in [2.05, 4.69) is 39.6 Å². The normalized spacial score (nSPS) is 39.6. The van der Waals surface area contributed by atoms with E-state index >= 15 is 0 Å². The second-order valence-corrected chi connectivity index (χ2v) is 6.68. The second-order valence-electron chi connectivity index (χ2n) is 6.68. The SMILES string of the molecule is CCC1(C)CCCN(C)CC(C)CC(C)C1. The van der Waals surface area contributed by atoms with Gasteiger partial charge in [0.05, 0.1) is 0 Å². The van der Waals surface area contributed by atoms with Crippen LogP contribution >= 0.6 is 0 Å². The number of nitrogens with zero attached hydrogens (tertiary/aromatic N) is 1. The minimum Gasteiger partial charge on any atom is -0.306 e. The summed E-state index contributed by atoms with van der Waals surface area (Å²) in [6.07, 6.45) is 6.96. The summed E-state index contributed by atoms with van der Waals surface area (Å²) in [5, 5.41) is 0. The van der Waals surface area contributed by atoms with Gasteiger partial charge in [0.25, 0.3) is 0 Å². The molecule has 0 radical (unpaired) electrons. The third-order valence-corrected chi connectivity index (χ3v) is 4.44. The van der Waals surface area contributed by atoms with Gasteiger partial charge in [-0.3, -0.25) is 0 Å². The van der Waals surface area contributed by atoms with Gasteiger partial charge in [-0.05, 0) is 56.5 Å². The van der Waals surface area contributed by atoms with Gasteiger partial charge in [-0.2, -0.15) is 0 Å². The first kappa shape index (κ1) is 14.0. The zero-order chi connectivity index (χ0) is 12.2. The molecule has 16 heavy (non-hydrogen) atoms. The highest BCUT2D eigenvalue weighted by molar-refractivity contribution is 4.78. The minimum absolute atomic E-state index is 0.595. The zero-order valence-electron chi connectivity index (χ0n) is 12.1. The summed E-state index contributed by atoms with van der Waals surface area (Å²) in [7, 11) is 2.28. The summed E-state index contributed by atoms with van der Waals surface area (Å²) >= 11 is 0. The number of hydrogen-bond acceptors (Lipinski definition) is 1. The van der Waals surface area contributed by atoms with Crippen molar-refractivity contribution < 1.29 is 0 Å². The zero-order valence-corrected chi connectivity index (χ0v) is 12.1. The maximum absolute atomic E-state index is 2.53. The monoisotopic (exact) mass is 225 g/mol. The molecule has 0 aliphatic carbocycles. The first-order valence-corrected chi connectivity index (χ1v) is 7.14. The van der Waals surface area contributed by atoms with Gasteiger partial charge in [-0.15, -0.1) is 0 Å². The average molecular weight is 225 g/mol. The van der Waals surface area contributed by atoms with E-state index in [1.54, 1.807) is 0 Å². The van der Waals surface area contributed by atoms with Crippen LogP contribution in [0.25, 0.3) is 0 Å². The van der Waals surface area contributed by atoms with Crippen LogP contribution in [0.2, 0.25) is 0 Å². The van der Waals surface area contributed by atoms with Crippen LogP contribution in [0.15, 0.2) is 0 Å². The molecule has 0 aromatic heterocycles. The van der Waals surface area contributed by atoms with E-state index in [9.17, 15) is 0 Å². The predicted molar refractivity (Wildman–Crippen MR) is 72.7 cm³/mol. The summed E-state index contributed by atoms with van der Waals surface area (Å²) in [5.41, 5.74) is 0.595. The molecule has 0 spiro atoms. The molecular weight excluding hydrogens is 194 g/mol. The highest BCUT2D eigenvalue weighted by atomic mass is 15.1. The molecule has 0 amide bonds. The lowest BCUT2D eigenvalue weighted by molar-refractivity contribution is 0.158. The summed E-state index contributed by atoms with van der Waals surface area (Å²) in [5.74, 6) is 1.76. The van der Waals surface area contributed by atoms with Gasteiger partial charge < -0.3 is 4.90 Å². The average Bonchev–Trinajstić information content (AvgIpc) is 2.15. The Hall–Kier alpha value is -0.0400. The third-order valence-electron chi connectivity index (χ3n) is 4.44. The van der Waals surface area contributed by atoms with Gasteiger partial charge in [-0.1, -0.05) is 34.1 Å². The van der Waals surface area contributed by atoms with Gasteiger partial charge in [0, 0.05) is 6.54 Å². The Morgan fingerprint density at radius 3 is 2.56 bits per heavy atom. The molecule has 1 aliphatic heterocycles. The van der Waals surface area contributed by atoms with Crippen molar-refractivity contribution in [1.82, 2.24) is 4.90 Å². The molecule has 1 fully saturated rings. The maximum Gasteiger partial charge on any atom is 0.000407 e. The Kier molecular flexibility index (Phi) is 5.30. The molecule has 1 aliphatic rings. The number of hydrogen-bond donors (Lipinski definition) is 0. The van der Waals surface area contributed by atoms with E-state index in [-0.39, 0.29) is 0 Å². The fraction of sp³-hybridized carbons (Fsp3) is 1.00. The lowest BCUT2D eigenvalue weighted by Crippen LogP contribution is -2.30. The smallest absolute Gasteiger partial charge is 0.000407 e. The van der Waals surface area contributed by atoms with Gasteiger partial charge in [0.15, 0.2) is 0 Å². The molecule has 0 saturated carbocycles. The van der Waals surface area contributed by atoms with Crippen molar-refractivity contribution in [3.63, 3.8) is 0 Å². The molecule has 96 valence electrons. The molecule has 0 bridgehead atoms. The summed E-state index contributed by atoms with van der Waals surface area (Å²) in [6.45, 7) is 12.3. The van der Waals surface area contributed by atoms with E-state index in [0.717, 1.165) is 11.8 Å². The number of rotatable bonds is 1. The molecule has 0 aromatic carbocycles. The quantitative estimate of drug-likeness (QED) is 0.647. The van der Waals surface area contributed by atoms with Crippen molar-refractivity contribution in [2.24, 2.45) is 17.3 Å².